The Morgan fingerprint density at radius 2 is 1.93 bits per heavy atom. The number of hydrogen-bond acceptors (Lipinski definition) is 4. The standard InChI is InChI=1S/C21H21Cl2N3OS/c1-3-26(4-2)18-8-6-14(9-16(12-24)21(25)28)20(11-18)27-13-15-5-7-17(22)10-19(15)23/h5-11H,3-4,13H2,1-2H3,(H2,25,28)/b16-9+. The van der Waals surface area contributed by atoms with Crippen LogP contribution in [0, 0.1) is 11.3 Å². The summed E-state index contributed by atoms with van der Waals surface area (Å²) in [6.07, 6.45) is 1.63. The Labute approximate surface area is 181 Å². The normalized spacial score (nSPS) is 11.0. The molecule has 0 aromatic heterocycles. The van der Waals surface area contributed by atoms with Crippen LogP contribution in [-0.2, 0) is 6.61 Å². The minimum Gasteiger partial charge on any atom is -0.488 e. The highest BCUT2D eigenvalue weighted by Crippen LogP contribution is 2.30. The van der Waals surface area contributed by atoms with Gasteiger partial charge in [0.15, 0.2) is 0 Å². The number of nitrogens with zero attached hydrogens (tertiary/aromatic N) is 2. The van der Waals surface area contributed by atoms with Gasteiger partial charge in [0.05, 0.1) is 5.57 Å². The fourth-order valence-corrected chi connectivity index (χ4v) is 3.23. The van der Waals surface area contributed by atoms with Gasteiger partial charge in [-0.15, -0.1) is 0 Å². The lowest BCUT2D eigenvalue weighted by Gasteiger charge is -2.22. The monoisotopic (exact) mass is 433 g/mol. The topological polar surface area (TPSA) is 62.3 Å². The molecule has 2 rings (SSSR count). The first-order chi connectivity index (χ1) is 13.4. The molecule has 0 aliphatic carbocycles. The zero-order valence-corrected chi connectivity index (χ0v) is 18.0. The Hall–Kier alpha value is -2.26. The van der Waals surface area contributed by atoms with E-state index in [4.69, 9.17) is 45.9 Å². The highest BCUT2D eigenvalue weighted by Gasteiger charge is 2.11. The number of anilines is 1. The van der Waals surface area contributed by atoms with Crippen LogP contribution in [0.25, 0.3) is 6.08 Å². The van der Waals surface area contributed by atoms with E-state index in [1.54, 1.807) is 18.2 Å². The molecule has 0 fully saturated rings. The van der Waals surface area contributed by atoms with Crippen molar-refractivity contribution in [3.8, 4) is 11.8 Å². The quantitative estimate of drug-likeness (QED) is 0.332. The average molecular weight is 434 g/mol. The number of halogens is 2. The van der Waals surface area contributed by atoms with E-state index in [9.17, 15) is 5.26 Å². The fourth-order valence-electron chi connectivity index (χ4n) is 2.66. The Bertz CT molecular complexity index is 934. The SMILES string of the molecule is CCN(CC)c1ccc(/C=C(\C#N)C(N)=S)c(OCc2ccc(Cl)cc2Cl)c1. The van der Waals surface area contributed by atoms with Crippen LogP contribution in [0.5, 0.6) is 5.75 Å². The van der Waals surface area contributed by atoms with E-state index in [1.165, 1.54) is 0 Å². The first kappa shape index (κ1) is 22.0. The zero-order chi connectivity index (χ0) is 20.7. The minimum absolute atomic E-state index is 0.0435. The Kier molecular flexibility index (Phi) is 8.13. The molecule has 146 valence electrons. The second-order valence-electron chi connectivity index (χ2n) is 5.95. The van der Waals surface area contributed by atoms with E-state index in [0.717, 1.165) is 24.3 Å². The van der Waals surface area contributed by atoms with Gasteiger partial charge in [-0.1, -0.05) is 41.5 Å². The molecular formula is C21H21Cl2N3OS. The van der Waals surface area contributed by atoms with E-state index in [1.807, 2.05) is 30.3 Å². The summed E-state index contributed by atoms with van der Waals surface area (Å²) in [6.45, 7) is 6.17. The van der Waals surface area contributed by atoms with Gasteiger partial charge in [0.2, 0.25) is 0 Å². The third-order valence-corrected chi connectivity index (χ3v) is 5.02. The van der Waals surface area contributed by atoms with Crippen molar-refractivity contribution in [2.75, 3.05) is 18.0 Å². The lowest BCUT2D eigenvalue weighted by Crippen LogP contribution is -2.21. The first-order valence-corrected chi connectivity index (χ1v) is 9.93. The van der Waals surface area contributed by atoms with Crippen molar-refractivity contribution in [3.63, 3.8) is 0 Å². The summed E-state index contributed by atoms with van der Waals surface area (Å²) >= 11 is 17.1. The van der Waals surface area contributed by atoms with Crippen LogP contribution in [-0.4, -0.2) is 18.1 Å². The third kappa shape index (κ3) is 5.62. The molecule has 0 amide bonds. The first-order valence-electron chi connectivity index (χ1n) is 8.76. The van der Waals surface area contributed by atoms with Crippen molar-refractivity contribution in [1.82, 2.24) is 0 Å². The molecule has 0 bridgehead atoms. The van der Waals surface area contributed by atoms with E-state index in [0.29, 0.717) is 21.4 Å². The molecule has 0 unspecified atom stereocenters. The molecule has 2 N–H and O–H groups in total. The summed E-state index contributed by atoms with van der Waals surface area (Å²) in [6, 6.07) is 13.1. The van der Waals surface area contributed by atoms with Gasteiger partial charge < -0.3 is 15.4 Å². The maximum Gasteiger partial charge on any atom is 0.129 e. The van der Waals surface area contributed by atoms with Crippen LogP contribution >= 0.6 is 35.4 Å². The lowest BCUT2D eigenvalue weighted by molar-refractivity contribution is 0.305. The molecule has 0 aliphatic rings. The summed E-state index contributed by atoms with van der Waals surface area (Å²) in [5.41, 5.74) is 8.39. The lowest BCUT2D eigenvalue weighted by atomic mass is 10.1. The summed E-state index contributed by atoms with van der Waals surface area (Å²) < 4.78 is 6.06. The van der Waals surface area contributed by atoms with Crippen molar-refractivity contribution < 1.29 is 4.74 Å². The summed E-state index contributed by atoms with van der Waals surface area (Å²) in [4.78, 5) is 2.25. The molecule has 0 radical (unpaired) electrons. The highest BCUT2D eigenvalue weighted by molar-refractivity contribution is 7.80. The molecule has 0 atom stereocenters. The van der Waals surface area contributed by atoms with Gasteiger partial charge in [0.25, 0.3) is 0 Å². The van der Waals surface area contributed by atoms with Crippen molar-refractivity contribution in [3.05, 3.63) is 63.1 Å². The van der Waals surface area contributed by atoms with Crippen molar-refractivity contribution in [1.29, 1.82) is 5.26 Å². The number of nitrogens with two attached hydrogens (primary N) is 1. The highest BCUT2D eigenvalue weighted by atomic mass is 35.5. The molecule has 0 heterocycles. The number of benzene rings is 2. The van der Waals surface area contributed by atoms with Crippen molar-refractivity contribution >= 4 is 52.2 Å². The number of nitriles is 1. The predicted octanol–water partition coefficient (Wildman–Crippen LogP) is 5.61. The van der Waals surface area contributed by atoms with Gasteiger partial charge in [-0.3, -0.25) is 0 Å². The number of ether oxygens (including phenoxy) is 1. The van der Waals surface area contributed by atoms with E-state index in [-0.39, 0.29) is 17.2 Å². The van der Waals surface area contributed by atoms with Crippen LogP contribution in [0.3, 0.4) is 0 Å². The average Bonchev–Trinajstić information content (AvgIpc) is 2.67. The molecular weight excluding hydrogens is 413 g/mol. The van der Waals surface area contributed by atoms with Gasteiger partial charge >= 0.3 is 0 Å². The Morgan fingerprint density at radius 3 is 2.50 bits per heavy atom. The summed E-state index contributed by atoms with van der Waals surface area (Å²) in [5, 5.41) is 10.4. The zero-order valence-electron chi connectivity index (χ0n) is 15.7. The van der Waals surface area contributed by atoms with Gasteiger partial charge in [0, 0.05) is 46.0 Å². The van der Waals surface area contributed by atoms with Crippen LogP contribution in [0.15, 0.2) is 42.0 Å². The fraction of sp³-hybridized carbons (Fsp3) is 0.238. The van der Waals surface area contributed by atoms with E-state index in [2.05, 4.69) is 18.7 Å². The Balaban J connectivity index is 2.42. The van der Waals surface area contributed by atoms with Crippen LogP contribution in [0.2, 0.25) is 10.0 Å². The molecule has 0 aliphatic heterocycles. The molecule has 7 heteroatoms. The largest absolute Gasteiger partial charge is 0.488 e. The summed E-state index contributed by atoms with van der Waals surface area (Å²) in [5.74, 6) is 0.611. The third-order valence-electron chi connectivity index (χ3n) is 4.21. The number of hydrogen-bond donors (Lipinski definition) is 1. The van der Waals surface area contributed by atoms with Gasteiger partial charge in [-0.25, -0.2) is 0 Å². The van der Waals surface area contributed by atoms with Crippen LogP contribution < -0.4 is 15.4 Å². The molecule has 0 spiro atoms. The van der Waals surface area contributed by atoms with Gasteiger partial charge in [-0.05, 0) is 44.2 Å². The predicted molar refractivity (Wildman–Crippen MR) is 121 cm³/mol. The van der Waals surface area contributed by atoms with Crippen molar-refractivity contribution in [2.45, 2.75) is 20.5 Å². The number of thiocarbonyl (C=S) groups is 1. The van der Waals surface area contributed by atoms with E-state index < -0.39 is 0 Å². The van der Waals surface area contributed by atoms with Gasteiger partial charge in [-0.2, -0.15) is 5.26 Å². The Morgan fingerprint density at radius 1 is 1.21 bits per heavy atom. The molecule has 2 aromatic carbocycles. The molecule has 4 nitrogen and oxygen atoms in total. The maximum absolute atomic E-state index is 9.27. The second-order valence-corrected chi connectivity index (χ2v) is 7.24. The smallest absolute Gasteiger partial charge is 0.129 e. The van der Waals surface area contributed by atoms with Crippen LogP contribution in [0.4, 0.5) is 5.69 Å². The van der Waals surface area contributed by atoms with Crippen molar-refractivity contribution in [2.24, 2.45) is 5.73 Å². The van der Waals surface area contributed by atoms with E-state index >= 15 is 0 Å². The maximum atomic E-state index is 9.27. The van der Waals surface area contributed by atoms with Gasteiger partial charge in [0.1, 0.15) is 23.4 Å². The molecule has 28 heavy (non-hydrogen) atoms. The molecule has 0 saturated heterocycles. The minimum atomic E-state index is 0.0435. The molecule has 0 saturated carbocycles. The number of rotatable bonds is 8. The van der Waals surface area contributed by atoms with Crippen LogP contribution in [0.1, 0.15) is 25.0 Å². The summed E-state index contributed by atoms with van der Waals surface area (Å²) in [7, 11) is 0. The molecule has 2 aromatic rings. The second kappa shape index (κ2) is 10.3.